The van der Waals surface area contributed by atoms with Crippen molar-refractivity contribution in [2.75, 3.05) is 19.8 Å². The van der Waals surface area contributed by atoms with Crippen LogP contribution in [0.4, 0.5) is 0 Å². The Morgan fingerprint density at radius 2 is 1.74 bits per heavy atom. The molecule has 0 saturated carbocycles. The Hall–Kier alpha value is -1.46. The minimum absolute atomic E-state index is 0. The number of nitrogens with two attached hydrogens (primary N) is 1. The van der Waals surface area contributed by atoms with E-state index in [1.807, 2.05) is 26.0 Å². The number of rotatable bonds is 9. The fourth-order valence-electron chi connectivity index (χ4n) is 2.41. The molecule has 3 N–H and O–H groups in total. The molecule has 1 rings (SSSR count). The second kappa shape index (κ2) is 10.3. The van der Waals surface area contributed by atoms with E-state index >= 15 is 0 Å². The minimum Gasteiger partial charge on any atom is -0.494 e. The lowest BCUT2D eigenvalue weighted by atomic mass is 9.91. The van der Waals surface area contributed by atoms with Gasteiger partial charge in [-0.2, -0.15) is 0 Å². The van der Waals surface area contributed by atoms with Crippen LogP contribution in [0.1, 0.15) is 34.1 Å². The van der Waals surface area contributed by atoms with Gasteiger partial charge in [-0.1, -0.05) is 13.8 Å². The van der Waals surface area contributed by atoms with Crippen LogP contribution in [0.3, 0.4) is 0 Å². The molecule has 0 aliphatic rings. The highest BCUT2D eigenvalue weighted by Gasteiger charge is 2.25. The second-order valence-electron chi connectivity index (χ2n) is 6.10. The molecule has 0 heterocycles. The smallest absolute Gasteiger partial charge is 0.258 e. The van der Waals surface area contributed by atoms with Crippen LogP contribution in [-0.2, 0) is 4.79 Å². The normalized spacial score (nSPS) is 13.0. The van der Waals surface area contributed by atoms with Crippen molar-refractivity contribution in [1.82, 2.24) is 5.32 Å². The molecular weight excluding hydrogens is 316 g/mol. The fourth-order valence-corrected chi connectivity index (χ4v) is 2.41. The first-order valence-corrected chi connectivity index (χ1v) is 7.75. The third-order valence-corrected chi connectivity index (χ3v) is 3.26. The molecule has 0 saturated heterocycles. The molecule has 23 heavy (non-hydrogen) atoms. The highest BCUT2D eigenvalue weighted by Crippen LogP contribution is 2.18. The highest BCUT2D eigenvalue weighted by molar-refractivity contribution is 5.85. The standard InChI is InChI=1S/C17H28N2O3.ClH/c1-5-21-14-6-8-15(9-7-14)22-11-16(20)19-17(4,12-18)10-13(2)3;/h6-9,13H,5,10-12,18H2,1-4H3,(H,19,20);1H. The van der Waals surface area contributed by atoms with Crippen LogP contribution in [0.15, 0.2) is 24.3 Å². The quantitative estimate of drug-likeness (QED) is 0.722. The van der Waals surface area contributed by atoms with Crippen LogP contribution >= 0.6 is 12.4 Å². The van der Waals surface area contributed by atoms with E-state index in [9.17, 15) is 4.79 Å². The molecule has 5 nitrogen and oxygen atoms in total. The second-order valence-corrected chi connectivity index (χ2v) is 6.10. The van der Waals surface area contributed by atoms with Gasteiger partial charge in [-0.15, -0.1) is 12.4 Å². The summed E-state index contributed by atoms with van der Waals surface area (Å²) in [4.78, 5) is 12.0. The summed E-state index contributed by atoms with van der Waals surface area (Å²) in [6.07, 6.45) is 0.832. The molecule has 0 bridgehead atoms. The summed E-state index contributed by atoms with van der Waals surface area (Å²) in [5.41, 5.74) is 5.39. The van der Waals surface area contributed by atoms with Crippen LogP contribution in [0.2, 0.25) is 0 Å². The van der Waals surface area contributed by atoms with Crippen molar-refractivity contribution in [3.8, 4) is 11.5 Å². The van der Waals surface area contributed by atoms with E-state index < -0.39 is 5.54 Å². The average molecular weight is 345 g/mol. The maximum Gasteiger partial charge on any atom is 0.258 e. The molecule has 1 unspecified atom stereocenters. The summed E-state index contributed by atoms with van der Waals surface area (Å²) in [6, 6.07) is 7.21. The van der Waals surface area contributed by atoms with Crippen molar-refractivity contribution in [3.63, 3.8) is 0 Å². The van der Waals surface area contributed by atoms with E-state index in [-0.39, 0.29) is 24.9 Å². The number of benzene rings is 1. The molecule has 1 atom stereocenters. The van der Waals surface area contributed by atoms with E-state index in [0.717, 1.165) is 12.2 Å². The van der Waals surface area contributed by atoms with Crippen molar-refractivity contribution in [1.29, 1.82) is 0 Å². The Morgan fingerprint density at radius 3 is 2.17 bits per heavy atom. The molecule has 1 aromatic rings. The van der Waals surface area contributed by atoms with Gasteiger partial charge in [-0.05, 0) is 50.5 Å². The number of carbonyl (C=O) groups is 1. The fraction of sp³-hybridized carbons (Fsp3) is 0.588. The van der Waals surface area contributed by atoms with Crippen molar-refractivity contribution < 1.29 is 14.3 Å². The first-order chi connectivity index (χ1) is 10.4. The maximum absolute atomic E-state index is 12.0. The number of halogens is 1. The van der Waals surface area contributed by atoms with Crippen LogP contribution < -0.4 is 20.5 Å². The first kappa shape index (κ1) is 21.5. The molecule has 0 radical (unpaired) electrons. The van der Waals surface area contributed by atoms with Crippen molar-refractivity contribution in [2.24, 2.45) is 11.7 Å². The zero-order valence-corrected chi connectivity index (χ0v) is 15.2. The largest absolute Gasteiger partial charge is 0.494 e. The summed E-state index contributed by atoms with van der Waals surface area (Å²) < 4.78 is 10.8. The zero-order valence-electron chi connectivity index (χ0n) is 14.4. The van der Waals surface area contributed by atoms with Crippen molar-refractivity contribution in [3.05, 3.63) is 24.3 Å². The molecule has 132 valence electrons. The van der Waals surface area contributed by atoms with Gasteiger partial charge in [0.05, 0.1) is 6.61 Å². The summed E-state index contributed by atoms with van der Waals surface area (Å²) in [5, 5.41) is 2.96. The number of hydrogen-bond acceptors (Lipinski definition) is 4. The summed E-state index contributed by atoms with van der Waals surface area (Å²) in [6.45, 7) is 9.10. The van der Waals surface area contributed by atoms with Crippen molar-refractivity contribution >= 4 is 18.3 Å². The predicted octanol–water partition coefficient (Wildman–Crippen LogP) is 2.77. The van der Waals surface area contributed by atoms with Gasteiger partial charge in [-0.25, -0.2) is 0 Å². The molecule has 0 spiro atoms. The van der Waals surface area contributed by atoms with Crippen molar-refractivity contribution in [2.45, 2.75) is 39.7 Å². The van der Waals surface area contributed by atoms with Crippen LogP contribution in [0, 0.1) is 5.92 Å². The van der Waals surface area contributed by atoms with E-state index in [4.69, 9.17) is 15.2 Å². The highest BCUT2D eigenvalue weighted by atomic mass is 35.5. The lowest BCUT2D eigenvalue weighted by Gasteiger charge is -2.31. The van der Waals surface area contributed by atoms with Gasteiger partial charge in [0.2, 0.25) is 0 Å². The van der Waals surface area contributed by atoms with Crippen LogP contribution in [-0.4, -0.2) is 31.2 Å². The van der Waals surface area contributed by atoms with Gasteiger partial charge < -0.3 is 20.5 Å². The molecule has 1 aromatic carbocycles. The van der Waals surface area contributed by atoms with Gasteiger partial charge in [0.15, 0.2) is 6.61 Å². The van der Waals surface area contributed by atoms with E-state index in [1.54, 1.807) is 12.1 Å². The lowest BCUT2D eigenvalue weighted by molar-refractivity contribution is -0.125. The van der Waals surface area contributed by atoms with Gasteiger partial charge >= 0.3 is 0 Å². The van der Waals surface area contributed by atoms with E-state index in [2.05, 4.69) is 19.2 Å². The van der Waals surface area contributed by atoms with Crippen LogP contribution in [0.5, 0.6) is 11.5 Å². The number of hydrogen-bond donors (Lipinski definition) is 2. The molecular formula is C17H29ClN2O3. The summed E-state index contributed by atoms with van der Waals surface area (Å²) in [7, 11) is 0. The molecule has 6 heteroatoms. The number of nitrogens with one attached hydrogen (secondary N) is 1. The van der Waals surface area contributed by atoms with E-state index in [1.165, 1.54) is 0 Å². The Balaban J connectivity index is 0.00000484. The maximum atomic E-state index is 12.0. The summed E-state index contributed by atoms with van der Waals surface area (Å²) >= 11 is 0. The summed E-state index contributed by atoms with van der Waals surface area (Å²) in [5.74, 6) is 1.72. The minimum atomic E-state index is -0.395. The molecule has 0 aromatic heterocycles. The monoisotopic (exact) mass is 344 g/mol. The SMILES string of the molecule is CCOc1ccc(OCC(=O)NC(C)(CN)CC(C)C)cc1.Cl. The number of amides is 1. The Labute approximate surface area is 145 Å². The molecule has 0 fully saturated rings. The molecule has 1 amide bonds. The average Bonchev–Trinajstić information content (AvgIpc) is 2.46. The van der Waals surface area contributed by atoms with Gasteiger partial charge in [0.1, 0.15) is 11.5 Å². The number of carbonyl (C=O) groups excluding carboxylic acids is 1. The topological polar surface area (TPSA) is 73.6 Å². The van der Waals surface area contributed by atoms with Gasteiger partial charge in [0.25, 0.3) is 5.91 Å². The Kier molecular flexibility index (Phi) is 9.68. The third kappa shape index (κ3) is 8.09. The van der Waals surface area contributed by atoms with E-state index in [0.29, 0.717) is 24.8 Å². The lowest BCUT2D eigenvalue weighted by Crippen LogP contribution is -2.53. The zero-order chi connectivity index (χ0) is 16.6. The van der Waals surface area contributed by atoms with Gasteiger partial charge in [-0.3, -0.25) is 4.79 Å². The molecule has 0 aliphatic heterocycles. The Morgan fingerprint density at radius 1 is 1.22 bits per heavy atom. The first-order valence-electron chi connectivity index (χ1n) is 7.75. The van der Waals surface area contributed by atoms with Crippen LogP contribution in [0.25, 0.3) is 0 Å². The number of ether oxygens (including phenoxy) is 2. The predicted molar refractivity (Wildman–Crippen MR) is 95.4 cm³/mol. The third-order valence-electron chi connectivity index (χ3n) is 3.26. The molecule has 0 aliphatic carbocycles. The van der Waals surface area contributed by atoms with Gasteiger partial charge in [0, 0.05) is 12.1 Å². The Bertz CT molecular complexity index is 465.